The lowest BCUT2D eigenvalue weighted by Gasteiger charge is -2.12. The highest BCUT2D eigenvalue weighted by Gasteiger charge is 2.05. The number of carbonyl (C=O) groups excluding carboxylic acids is 1. The van der Waals surface area contributed by atoms with E-state index < -0.39 is 0 Å². The normalized spacial score (nSPS) is 10.8. The van der Waals surface area contributed by atoms with Crippen LogP contribution in [0.25, 0.3) is 0 Å². The molecule has 1 amide bonds. The SMILES string of the molecule is CN=C(NCCC(=O)Nc1cccc(C)n1)NCc1ccnn1C.I. The van der Waals surface area contributed by atoms with Crippen molar-refractivity contribution in [3.05, 3.63) is 41.9 Å². The molecule has 0 atom stereocenters. The first-order valence-electron chi connectivity index (χ1n) is 7.73. The van der Waals surface area contributed by atoms with Crippen LogP contribution >= 0.6 is 24.0 Å². The van der Waals surface area contributed by atoms with E-state index in [2.05, 4.69) is 31.0 Å². The number of aryl methyl sites for hydroxylation is 2. The maximum Gasteiger partial charge on any atom is 0.227 e. The van der Waals surface area contributed by atoms with E-state index in [1.54, 1.807) is 24.0 Å². The number of nitrogens with one attached hydrogen (secondary N) is 3. The molecule has 136 valence electrons. The quantitative estimate of drug-likeness (QED) is 0.347. The van der Waals surface area contributed by atoms with Gasteiger partial charge < -0.3 is 16.0 Å². The van der Waals surface area contributed by atoms with Gasteiger partial charge >= 0.3 is 0 Å². The van der Waals surface area contributed by atoms with Crippen molar-refractivity contribution in [1.29, 1.82) is 0 Å². The van der Waals surface area contributed by atoms with Crippen molar-refractivity contribution in [2.45, 2.75) is 19.9 Å². The third-order valence-electron chi connectivity index (χ3n) is 3.38. The highest BCUT2D eigenvalue weighted by molar-refractivity contribution is 14.0. The fourth-order valence-corrected chi connectivity index (χ4v) is 2.08. The lowest BCUT2D eigenvalue weighted by molar-refractivity contribution is -0.116. The lowest BCUT2D eigenvalue weighted by atomic mass is 10.3. The van der Waals surface area contributed by atoms with Crippen LogP contribution in [-0.2, 0) is 18.4 Å². The molecule has 2 aromatic rings. The van der Waals surface area contributed by atoms with E-state index >= 15 is 0 Å². The minimum absolute atomic E-state index is 0. The number of guanidine groups is 1. The molecule has 0 aliphatic carbocycles. The van der Waals surface area contributed by atoms with E-state index in [0.717, 1.165) is 11.4 Å². The van der Waals surface area contributed by atoms with Crippen molar-refractivity contribution < 1.29 is 4.79 Å². The average Bonchev–Trinajstić information content (AvgIpc) is 2.96. The molecule has 0 spiro atoms. The molecule has 3 N–H and O–H groups in total. The largest absolute Gasteiger partial charge is 0.356 e. The Morgan fingerprint density at radius 3 is 2.72 bits per heavy atom. The molecular weight excluding hydrogens is 433 g/mol. The Morgan fingerprint density at radius 1 is 1.28 bits per heavy atom. The molecule has 0 bridgehead atoms. The molecule has 0 unspecified atom stereocenters. The molecule has 0 aliphatic heterocycles. The van der Waals surface area contributed by atoms with Gasteiger partial charge in [-0.25, -0.2) is 4.98 Å². The summed E-state index contributed by atoms with van der Waals surface area (Å²) in [6.45, 7) is 2.97. The highest BCUT2D eigenvalue weighted by atomic mass is 127. The van der Waals surface area contributed by atoms with E-state index in [1.807, 2.05) is 32.2 Å². The van der Waals surface area contributed by atoms with Gasteiger partial charge in [-0.1, -0.05) is 6.07 Å². The van der Waals surface area contributed by atoms with Gasteiger partial charge in [0.15, 0.2) is 5.96 Å². The maximum atomic E-state index is 11.9. The molecule has 0 aromatic carbocycles. The Bertz CT molecular complexity index is 714. The van der Waals surface area contributed by atoms with Crippen molar-refractivity contribution in [2.24, 2.45) is 12.0 Å². The number of aliphatic imine (C=N–C) groups is 1. The van der Waals surface area contributed by atoms with Crippen LogP contribution in [0.1, 0.15) is 17.8 Å². The second-order valence-corrected chi connectivity index (χ2v) is 5.26. The van der Waals surface area contributed by atoms with Gasteiger partial charge in [-0.2, -0.15) is 5.10 Å². The van der Waals surface area contributed by atoms with Gasteiger partial charge in [0.1, 0.15) is 5.82 Å². The molecule has 25 heavy (non-hydrogen) atoms. The van der Waals surface area contributed by atoms with Crippen molar-refractivity contribution in [3.8, 4) is 0 Å². The summed E-state index contributed by atoms with van der Waals surface area (Å²) >= 11 is 0. The van der Waals surface area contributed by atoms with Crippen molar-refractivity contribution in [1.82, 2.24) is 25.4 Å². The second-order valence-electron chi connectivity index (χ2n) is 5.26. The van der Waals surface area contributed by atoms with Gasteiger partial charge in [0.05, 0.1) is 12.2 Å². The van der Waals surface area contributed by atoms with Crippen LogP contribution < -0.4 is 16.0 Å². The van der Waals surface area contributed by atoms with Crippen molar-refractivity contribution in [2.75, 3.05) is 18.9 Å². The highest BCUT2D eigenvalue weighted by Crippen LogP contribution is 2.03. The molecule has 9 heteroatoms. The van der Waals surface area contributed by atoms with Crippen LogP contribution in [0.15, 0.2) is 35.5 Å². The average molecular weight is 457 g/mol. The van der Waals surface area contributed by atoms with Gasteiger partial charge in [-0.05, 0) is 25.1 Å². The molecule has 0 radical (unpaired) electrons. The fraction of sp³-hybridized carbons (Fsp3) is 0.375. The number of amides is 1. The Kier molecular flexibility index (Phi) is 8.89. The topological polar surface area (TPSA) is 96.2 Å². The predicted octanol–water partition coefficient (Wildman–Crippen LogP) is 1.44. The first-order valence-corrected chi connectivity index (χ1v) is 7.73. The first kappa shape index (κ1) is 20.9. The Labute approximate surface area is 164 Å². The number of carbonyl (C=O) groups is 1. The fourth-order valence-electron chi connectivity index (χ4n) is 2.08. The second kappa shape index (κ2) is 10.6. The monoisotopic (exact) mass is 457 g/mol. The summed E-state index contributed by atoms with van der Waals surface area (Å²) in [7, 11) is 3.58. The van der Waals surface area contributed by atoms with E-state index in [0.29, 0.717) is 31.3 Å². The zero-order chi connectivity index (χ0) is 17.4. The summed E-state index contributed by atoms with van der Waals surface area (Å²) in [5.74, 6) is 1.11. The molecule has 8 nitrogen and oxygen atoms in total. The number of pyridine rings is 1. The molecule has 0 saturated heterocycles. The summed E-state index contributed by atoms with van der Waals surface area (Å²) < 4.78 is 1.79. The third-order valence-corrected chi connectivity index (χ3v) is 3.38. The molecule has 2 heterocycles. The lowest BCUT2D eigenvalue weighted by Crippen LogP contribution is -2.38. The van der Waals surface area contributed by atoms with Gasteiger partial charge in [0, 0.05) is 39.0 Å². The molecule has 2 aromatic heterocycles. The minimum atomic E-state index is -0.0947. The van der Waals surface area contributed by atoms with Gasteiger partial charge in [-0.15, -0.1) is 24.0 Å². The number of aromatic nitrogens is 3. The number of nitrogens with zero attached hydrogens (tertiary/aromatic N) is 4. The maximum absolute atomic E-state index is 11.9. The molecule has 2 rings (SSSR count). The smallest absolute Gasteiger partial charge is 0.227 e. The summed E-state index contributed by atoms with van der Waals surface area (Å²) in [5.41, 5.74) is 1.91. The van der Waals surface area contributed by atoms with Crippen molar-refractivity contribution >= 4 is 41.7 Å². The summed E-state index contributed by atoms with van der Waals surface area (Å²) in [5, 5.41) is 13.2. The van der Waals surface area contributed by atoms with E-state index in [-0.39, 0.29) is 29.9 Å². The first-order chi connectivity index (χ1) is 11.6. The van der Waals surface area contributed by atoms with E-state index in [4.69, 9.17) is 0 Å². The molecule has 0 fully saturated rings. The minimum Gasteiger partial charge on any atom is -0.356 e. The zero-order valence-corrected chi connectivity index (χ0v) is 16.9. The van der Waals surface area contributed by atoms with Crippen LogP contribution in [0.2, 0.25) is 0 Å². The summed E-state index contributed by atoms with van der Waals surface area (Å²) in [4.78, 5) is 20.3. The number of hydrogen-bond donors (Lipinski definition) is 3. The van der Waals surface area contributed by atoms with Crippen LogP contribution in [0.3, 0.4) is 0 Å². The number of rotatable bonds is 6. The van der Waals surface area contributed by atoms with Gasteiger partial charge in [-0.3, -0.25) is 14.5 Å². The van der Waals surface area contributed by atoms with Crippen LogP contribution in [0, 0.1) is 6.92 Å². The predicted molar refractivity (Wildman–Crippen MR) is 109 cm³/mol. The zero-order valence-electron chi connectivity index (χ0n) is 14.6. The molecule has 0 aliphatic rings. The Balaban J connectivity index is 0.00000312. The van der Waals surface area contributed by atoms with Crippen LogP contribution in [0.4, 0.5) is 5.82 Å². The Morgan fingerprint density at radius 2 is 2.08 bits per heavy atom. The third kappa shape index (κ3) is 7.08. The van der Waals surface area contributed by atoms with Crippen LogP contribution in [0.5, 0.6) is 0 Å². The van der Waals surface area contributed by atoms with Gasteiger partial charge in [0.25, 0.3) is 0 Å². The number of anilines is 1. The number of hydrogen-bond acceptors (Lipinski definition) is 4. The van der Waals surface area contributed by atoms with E-state index in [1.165, 1.54) is 0 Å². The number of halogens is 1. The molecule has 0 saturated carbocycles. The standard InChI is InChI=1S/C16H23N7O.HI/c1-12-5-4-6-14(21-12)22-15(24)8-9-18-16(17-2)19-11-13-7-10-20-23(13)3;/h4-7,10H,8-9,11H2,1-3H3,(H2,17,18,19)(H,21,22,24);1H. The summed E-state index contributed by atoms with van der Waals surface area (Å²) in [6.07, 6.45) is 2.07. The van der Waals surface area contributed by atoms with E-state index in [9.17, 15) is 4.79 Å². The van der Waals surface area contributed by atoms with Gasteiger partial charge in [0.2, 0.25) is 5.91 Å². The van der Waals surface area contributed by atoms with Crippen molar-refractivity contribution in [3.63, 3.8) is 0 Å². The Hall–Kier alpha value is -2.17. The summed E-state index contributed by atoms with van der Waals surface area (Å²) in [6, 6.07) is 7.45. The van der Waals surface area contributed by atoms with Crippen LogP contribution in [-0.4, -0.2) is 40.2 Å². The molecular formula is C16H24IN7O.